The second-order valence-corrected chi connectivity index (χ2v) is 5.16. The molecule has 1 nitrogen and oxygen atoms in total. The molecule has 2 aromatic carbocycles. The molecule has 0 aliphatic heterocycles. The molecule has 74 valence electrons. The van der Waals surface area contributed by atoms with Crippen molar-refractivity contribution in [3.8, 4) is 28.0 Å². The largest absolute Gasteiger partial charge is 0.508 e. The van der Waals surface area contributed by atoms with E-state index in [2.05, 4.69) is 37.9 Å². The average molecular weight is 326 g/mol. The number of fused-ring (bicyclic) bond motifs is 4. The van der Waals surface area contributed by atoms with Crippen molar-refractivity contribution in [2.75, 3.05) is 0 Å². The van der Waals surface area contributed by atoms with E-state index >= 15 is 0 Å². The zero-order valence-corrected chi connectivity index (χ0v) is 10.8. The van der Waals surface area contributed by atoms with Crippen molar-refractivity contribution in [3.63, 3.8) is 0 Å². The highest BCUT2D eigenvalue weighted by atomic mass is 79.9. The Labute approximate surface area is 104 Å². The van der Waals surface area contributed by atoms with Gasteiger partial charge in [0.25, 0.3) is 0 Å². The van der Waals surface area contributed by atoms with Gasteiger partial charge in [0.2, 0.25) is 0 Å². The quantitative estimate of drug-likeness (QED) is 0.642. The number of benzene rings is 2. The maximum absolute atomic E-state index is 9.40. The molecule has 1 aliphatic carbocycles. The molecule has 0 unspecified atom stereocenters. The molecule has 0 radical (unpaired) electrons. The number of aromatic hydroxyl groups is 1. The normalized spacial score (nSPS) is 11.6. The fraction of sp³-hybridized carbons (Fsp3) is 0. The van der Waals surface area contributed by atoms with E-state index in [0.29, 0.717) is 5.75 Å². The highest BCUT2D eigenvalue weighted by molar-refractivity contribution is 9.13. The molecular weight excluding hydrogens is 320 g/mol. The summed E-state index contributed by atoms with van der Waals surface area (Å²) in [4.78, 5) is 0. The molecule has 0 aromatic heterocycles. The second kappa shape index (κ2) is 3.09. The van der Waals surface area contributed by atoms with Crippen molar-refractivity contribution in [1.29, 1.82) is 0 Å². The van der Waals surface area contributed by atoms with Crippen molar-refractivity contribution in [2.45, 2.75) is 0 Å². The second-order valence-electron chi connectivity index (χ2n) is 3.51. The van der Waals surface area contributed by atoms with E-state index in [1.54, 1.807) is 12.1 Å². The molecule has 0 bridgehead atoms. The molecule has 3 heteroatoms. The third-order valence-corrected chi connectivity index (χ3v) is 4.67. The Morgan fingerprint density at radius 3 is 2.40 bits per heavy atom. The van der Waals surface area contributed by atoms with Crippen LogP contribution in [0.4, 0.5) is 0 Å². The van der Waals surface area contributed by atoms with Crippen molar-refractivity contribution >= 4 is 31.9 Å². The van der Waals surface area contributed by atoms with Crippen LogP contribution in [0, 0.1) is 0 Å². The minimum absolute atomic E-state index is 0.318. The zero-order chi connectivity index (χ0) is 10.6. The van der Waals surface area contributed by atoms with Crippen LogP contribution in [0.5, 0.6) is 5.75 Å². The van der Waals surface area contributed by atoms with Gasteiger partial charge in [-0.2, -0.15) is 0 Å². The van der Waals surface area contributed by atoms with Crippen LogP contribution >= 0.6 is 31.9 Å². The lowest BCUT2D eigenvalue weighted by Gasteiger charge is -2.25. The van der Waals surface area contributed by atoms with Crippen LogP contribution in [0.1, 0.15) is 0 Å². The molecule has 2 aromatic rings. The maximum atomic E-state index is 9.40. The SMILES string of the molecule is Oc1ccc2c(c1)-c1ccc(Br)c(Br)c1-2. The highest BCUT2D eigenvalue weighted by Gasteiger charge is 2.25. The fourth-order valence-corrected chi connectivity index (χ4v) is 2.84. The predicted octanol–water partition coefficient (Wildman–Crippen LogP) is 4.56. The van der Waals surface area contributed by atoms with Gasteiger partial charge >= 0.3 is 0 Å². The van der Waals surface area contributed by atoms with Crippen molar-refractivity contribution in [2.24, 2.45) is 0 Å². The summed E-state index contributed by atoms with van der Waals surface area (Å²) in [7, 11) is 0. The first-order chi connectivity index (χ1) is 7.18. The van der Waals surface area contributed by atoms with Gasteiger partial charge < -0.3 is 5.11 Å². The van der Waals surface area contributed by atoms with Gasteiger partial charge in [0.1, 0.15) is 5.75 Å². The predicted molar refractivity (Wildman–Crippen MR) is 67.9 cm³/mol. The molecule has 0 atom stereocenters. The van der Waals surface area contributed by atoms with Crippen LogP contribution in [-0.2, 0) is 0 Å². The monoisotopic (exact) mass is 324 g/mol. The van der Waals surface area contributed by atoms with Crippen LogP contribution in [0.3, 0.4) is 0 Å². The van der Waals surface area contributed by atoms with Crippen LogP contribution in [0.2, 0.25) is 0 Å². The number of halogens is 2. The molecular formula is C12H6Br2O. The van der Waals surface area contributed by atoms with Crippen LogP contribution in [0.15, 0.2) is 39.3 Å². The molecule has 15 heavy (non-hydrogen) atoms. The van der Waals surface area contributed by atoms with E-state index in [1.165, 1.54) is 16.7 Å². The molecule has 0 amide bonds. The highest BCUT2D eigenvalue weighted by Crippen LogP contribution is 2.53. The first kappa shape index (κ1) is 9.43. The summed E-state index contributed by atoms with van der Waals surface area (Å²) in [5, 5.41) is 9.40. The number of phenols is 1. The summed E-state index contributed by atoms with van der Waals surface area (Å²) in [5.41, 5.74) is 4.73. The minimum atomic E-state index is 0.318. The molecule has 0 spiro atoms. The topological polar surface area (TPSA) is 20.2 Å². The molecule has 1 N–H and O–H groups in total. The molecule has 0 heterocycles. The summed E-state index contributed by atoms with van der Waals surface area (Å²) in [6, 6.07) is 9.54. The van der Waals surface area contributed by atoms with Crippen LogP contribution in [-0.4, -0.2) is 5.11 Å². The lowest BCUT2D eigenvalue weighted by molar-refractivity contribution is 0.475. The number of rotatable bonds is 0. The van der Waals surface area contributed by atoms with Gasteiger partial charge in [-0.1, -0.05) is 12.1 Å². The van der Waals surface area contributed by atoms with Crippen LogP contribution in [0.25, 0.3) is 22.3 Å². The van der Waals surface area contributed by atoms with Gasteiger partial charge in [-0.05, 0) is 66.7 Å². The van der Waals surface area contributed by atoms with E-state index < -0.39 is 0 Å². The Kier molecular flexibility index (Phi) is 1.94. The van der Waals surface area contributed by atoms with E-state index in [9.17, 15) is 5.11 Å². The van der Waals surface area contributed by atoms with Gasteiger partial charge in [0.15, 0.2) is 0 Å². The number of phenolic OH excluding ortho intramolecular Hbond substituents is 1. The summed E-state index contributed by atoms with van der Waals surface area (Å²) in [5.74, 6) is 0.318. The van der Waals surface area contributed by atoms with Crippen molar-refractivity contribution in [1.82, 2.24) is 0 Å². The Morgan fingerprint density at radius 1 is 0.867 bits per heavy atom. The minimum Gasteiger partial charge on any atom is -0.508 e. The molecule has 3 rings (SSSR count). The lowest BCUT2D eigenvalue weighted by atomic mass is 9.81. The third-order valence-electron chi connectivity index (χ3n) is 2.66. The van der Waals surface area contributed by atoms with Gasteiger partial charge in [-0.3, -0.25) is 0 Å². The number of hydrogen-bond acceptors (Lipinski definition) is 1. The van der Waals surface area contributed by atoms with Gasteiger partial charge in [-0.15, -0.1) is 0 Å². The van der Waals surface area contributed by atoms with E-state index in [-0.39, 0.29) is 0 Å². The lowest BCUT2D eigenvalue weighted by Crippen LogP contribution is -1.99. The summed E-state index contributed by atoms with van der Waals surface area (Å²) in [6.45, 7) is 0. The van der Waals surface area contributed by atoms with Gasteiger partial charge in [0.05, 0.1) is 0 Å². The zero-order valence-electron chi connectivity index (χ0n) is 7.59. The maximum Gasteiger partial charge on any atom is 0.116 e. The third kappa shape index (κ3) is 1.20. The summed E-state index contributed by atoms with van der Waals surface area (Å²) < 4.78 is 2.14. The Bertz CT molecular complexity index is 576. The van der Waals surface area contributed by atoms with Gasteiger partial charge in [0, 0.05) is 14.5 Å². The summed E-state index contributed by atoms with van der Waals surface area (Å²) >= 11 is 7.04. The first-order valence-corrected chi connectivity index (χ1v) is 6.09. The summed E-state index contributed by atoms with van der Waals surface area (Å²) in [6.07, 6.45) is 0. The molecule has 0 fully saturated rings. The van der Waals surface area contributed by atoms with Crippen molar-refractivity contribution in [3.05, 3.63) is 39.3 Å². The molecule has 1 aliphatic rings. The van der Waals surface area contributed by atoms with Gasteiger partial charge in [-0.25, -0.2) is 0 Å². The molecule has 0 saturated carbocycles. The standard InChI is InChI=1S/C12H6Br2O/c13-10-4-3-8-9-5-6(15)1-2-7(9)11(8)12(10)14/h1-5,15H. The van der Waals surface area contributed by atoms with Crippen molar-refractivity contribution < 1.29 is 5.11 Å². The Morgan fingerprint density at radius 2 is 1.60 bits per heavy atom. The van der Waals surface area contributed by atoms with Crippen LogP contribution < -0.4 is 0 Å². The first-order valence-electron chi connectivity index (χ1n) is 4.50. The smallest absolute Gasteiger partial charge is 0.116 e. The Balaban J connectivity index is 2.30. The van der Waals surface area contributed by atoms with E-state index in [4.69, 9.17) is 0 Å². The number of hydrogen-bond donors (Lipinski definition) is 1. The van der Waals surface area contributed by atoms with E-state index in [0.717, 1.165) is 14.5 Å². The average Bonchev–Trinajstić information content (AvgIpc) is 2.20. The fourth-order valence-electron chi connectivity index (χ4n) is 1.95. The molecule has 0 saturated heterocycles. The van der Waals surface area contributed by atoms with E-state index in [1.807, 2.05) is 12.1 Å². The Hall–Kier alpha value is -0.800.